The van der Waals surface area contributed by atoms with E-state index >= 15 is 0 Å². The molecule has 0 aromatic heterocycles. The number of hydrogen-bond acceptors (Lipinski definition) is 4. The Morgan fingerprint density at radius 3 is 2.58 bits per heavy atom. The van der Waals surface area contributed by atoms with E-state index in [1.807, 2.05) is 12.1 Å². The number of nitrogens with one attached hydrogen (secondary N) is 1. The van der Waals surface area contributed by atoms with Gasteiger partial charge in [-0.25, -0.2) is 4.79 Å². The quantitative estimate of drug-likeness (QED) is 0.406. The highest BCUT2D eigenvalue weighted by molar-refractivity contribution is 6.32. The molecule has 4 aliphatic rings. The topological polar surface area (TPSA) is 50.8 Å². The van der Waals surface area contributed by atoms with Crippen LogP contribution in [0.25, 0.3) is 11.1 Å². The molecule has 3 heterocycles. The number of piperidine rings is 3. The molecule has 1 unspecified atom stereocenters. The van der Waals surface area contributed by atoms with Crippen molar-refractivity contribution in [2.75, 3.05) is 26.2 Å². The first kappa shape index (κ1) is 25.4. The first-order chi connectivity index (χ1) is 17.3. The van der Waals surface area contributed by atoms with Crippen LogP contribution in [-0.4, -0.2) is 43.3 Å². The normalized spacial score (nSPS) is 26.2. The molecule has 2 aromatic rings. The van der Waals surface area contributed by atoms with E-state index in [0.717, 1.165) is 75.0 Å². The summed E-state index contributed by atoms with van der Waals surface area (Å²) in [5.41, 5.74) is 4.61. The fourth-order valence-corrected chi connectivity index (χ4v) is 6.27. The third kappa shape index (κ3) is 5.38. The lowest BCUT2D eigenvalue weighted by Gasteiger charge is -2.44. The lowest BCUT2D eigenvalue weighted by molar-refractivity contribution is -0.0353. The van der Waals surface area contributed by atoms with Gasteiger partial charge in [0, 0.05) is 6.54 Å². The van der Waals surface area contributed by atoms with Crippen LogP contribution in [0.1, 0.15) is 70.0 Å². The van der Waals surface area contributed by atoms with Crippen LogP contribution < -0.4 is 10.1 Å². The molecule has 3 saturated heterocycles. The molecule has 2 aromatic carbocycles. The molecule has 3 aliphatic heterocycles. The maximum atomic E-state index is 13.0. The number of rotatable bonds is 7. The summed E-state index contributed by atoms with van der Waals surface area (Å²) in [5.74, 6) is 1.24. The third-order valence-corrected chi connectivity index (χ3v) is 8.71. The van der Waals surface area contributed by atoms with Crippen LogP contribution in [-0.2, 0) is 11.2 Å². The van der Waals surface area contributed by atoms with Crippen molar-refractivity contribution in [3.63, 3.8) is 0 Å². The Morgan fingerprint density at radius 1 is 1.14 bits per heavy atom. The second-order valence-electron chi connectivity index (χ2n) is 11.4. The number of ether oxygens (including phenoxy) is 2. The van der Waals surface area contributed by atoms with Crippen LogP contribution in [0.15, 0.2) is 36.4 Å². The molecule has 0 radical (unpaired) electrons. The first-order valence-corrected chi connectivity index (χ1v) is 14.0. The summed E-state index contributed by atoms with van der Waals surface area (Å²) in [6, 6.07) is 12.5. The Labute approximate surface area is 220 Å². The predicted molar refractivity (Wildman–Crippen MR) is 145 cm³/mol. The highest BCUT2D eigenvalue weighted by Crippen LogP contribution is 2.45. The maximum absolute atomic E-state index is 13.0. The Hall–Kier alpha value is -2.24. The largest absolute Gasteiger partial charge is 0.492 e. The van der Waals surface area contributed by atoms with Gasteiger partial charge in [0.2, 0.25) is 0 Å². The van der Waals surface area contributed by atoms with E-state index in [-0.39, 0.29) is 23.7 Å². The monoisotopic (exact) mass is 510 g/mol. The number of carbonyl (C=O) groups is 1. The van der Waals surface area contributed by atoms with Crippen molar-refractivity contribution >= 4 is 17.7 Å². The standard InChI is InChI=1S/C30H39ClN2O3/c1-4-5-16-35-26-9-7-22(18-25(26)31)21-6-8-24-23(17-21)10-13-30(2,3)28(24)32-29(34)36-27-19-33-14-11-20(27)12-15-33/h6-9,17-18,20,27-28H,4-5,10-16,19H2,1-3H3,(H,32,34)/t27-,28?/m0/s1. The van der Waals surface area contributed by atoms with Crippen molar-refractivity contribution in [2.24, 2.45) is 11.3 Å². The van der Waals surface area contributed by atoms with E-state index in [4.69, 9.17) is 21.1 Å². The van der Waals surface area contributed by atoms with Gasteiger partial charge in [0.15, 0.2) is 0 Å². The fourth-order valence-electron chi connectivity index (χ4n) is 6.04. The average Bonchev–Trinajstić information content (AvgIpc) is 2.87. The molecule has 6 heteroatoms. The number of amides is 1. The van der Waals surface area contributed by atoms with Crippen LogP contribution >= 0.6 is 11.6 Å². The van der Waals surface area contributed by atoms with Crippen molar-refractivity contribution < 1.29 is 14.3 Å². The zero-order valence-electron chi connectivity index (χ0n) is 21.8. The highest BCUT2D eigenvalue weighted by Gasteiger charge is 2.40. The molecule has 1 N–H and O–H groups in total. The molecule has 1 aliphatic carbocycles. The second kappa shape index (κ2) is 10.6. The first-order valence-electron chi connectivity index (χ1n) is 13.6. The summed E-state index contributed by atoms with van der Waals surface area (Å²) in [6.45, 7) is 10.4. The molecule has 5 nitrogen and oxygen atoms in total. The number of hydrogen-bond donors (Lipinski definition) is 1. The van der Waals surface area contributed by atoms with E-state index in [0.29, 0.717) is 17.5 Å². The van der Waals surface area contributed by atoms with Crippen LogP contribution in [0.3, 0.4) is 0 Å². The number of aryl methyl sites for hydroxylation is 1. The van der Waals surface area contributed by atoms with E-state index in [1.165, 1.54) is 11.1 Å². The van der Waals surface area contributed by atoms with E-state index in [9.17, 15) is 4.79 Å². The SMILES string of the molecule is CCCCOc1ccc(-c2ccc3c(c2)CCC(C)(C)C3NC(=O)O[C@H]2CN3CCC2CC3)cc1Cl. The van der Waals surface area contributed by atoms with E-state index in [1.54, 1.807) is 0 Å². The molecular weight excluding hydrogens is 472 g/mol. The van der Waals surface area contributed by atoms with Crippen molar-refractivity contribution in [2.45, 2.75) is 71.4 Å². The minimum atomic E-state index is -0.283. The Bertz CT molecular complexity index is 1090. The van der Waals surface area contributed by atoms with E-state index < -0.39 is 0 Å². The van der Waals surface area contributed by atoms with Gasteiger partial charge in [0.05, 0.1) is 17.7 Å². The fraction of sp³-hybridized carbons (Fsp3) is 0.567. The van der Waals surface area contributed by atoms with Crippen LogP contribution in [0.5, 0.6) is 5.75 Å². The van der Waals surface area contributed by atoms with Gasteiger partial charge in [-0.15, -0.1) is 0 Å². The van der Waals surface area contributed by atoms with Gasteiger partial charge in [0.25, 0.3) is 0 Å². The highest BCUT2D eigenvalue weighted by atomic mass is 35.5. The van der Waals surface area contributed by atoms with Crippen molar-refractivity contribution in [1.82, 2.24) is 10.2 Å². The maximum Gasteiger partial charge on any atom is 0.407 e. The number of nitrogens with zero attached hydrogens (tertiary/aromatic N) is 1. The molecule has 2 atom stereocenters. The number of benzene rings is 2. The molecule has 0 saturated carbocycles. The number of halogens is 1. The third-order valence-electron chi connectivity index (χ3n) is 8.41. The van der Waals surface area contributed by atoms with Crippen molar-refractivity contribution in [3.8, 4) is 16.9 Å². The summed E-state index contributed by atoms with van der Waals surface area (Å²) in [7, 11) is 0. The zero-order chi connectivity index (χ0) is 25.3. The second-order valence-corrected chi connectivity index (χ2v) is 11.8. The van der Waals surface area contributed by atoms with Crippen molar-refractivity contribution in [3.05, 3.63) is 52.5 Å². The molecule has 6 rings (SSSR count). The molecule has 0 spiro atoms. The van der Waals surface area contributed by atoms with Crippen molar-refractivity contribution in [1.29, 1.82) is 0 Å². The molecule has 36 heavy (non-hydrogen) atoms. The van der Waals surface area contributed by atoms with E-state index in [2.05, 4.69) is 55.3 Å². The summed E-state index contributed by atoms with van der Waals surface area (Å²) < 4.78 is 11.8. The predicted octanol–water partition coefficient (Wildman–Crippen LogP) is 7.02. The summed E-state index contributed by atoms with van der Waals surface area (Å²) in [5, 5.41) is 3.89. The van der Waals surface area contributed by atoms with Crippen LogP contribution in [0.2, 0.25) is 5.02 Å². The van der Waals surface area contributed by atoms with Gasteiger partial charge < -0.3 is 14.8 Å². The molecule has 3 fully saturated rings. The Balaban J connectivity index is 1.31. The lowest BCUT2D eigenvalue weighted by atomic mass is 9.70. The minimum Gasteiger partial charge on any atom is -0.492 e. The zero-order valence-corrected chi connectivity index (χ0v) is 22.6. The number of carbonyl (C=O) groups excluding carboxylic acids is 1. The average molecular weight is 511 g/mol. The summed E-state index contributed by atoms with van der Waals surface area (Å²) in [4.78, 5) is 15.4. The number of alkyl carbamates (subject to hydrolysis) is 1. The number of fused-ring (bicyclic) bond motifs is 4. The minimum absolute atomic E-state index is 0.0136. The lowest BCUT2D eigenvalue weighted by Crippen LogP contribution is -2.53. The Morgan fingerprint density at radius 2 is 1.89 bits per heavy atom. The van der Waals surface area contributed by atoms with Gasteiger partial charge in [-0.2, -0.15) is 0 Å². The summed E-state index contributed by atoms with van der Waals surface area (Å²) >= 11 is 6.53. The smallest absolute Gasteiger partial charge is 0.407 e. The van der Waals surface area contributed by atoms with Gasteiger partial charge in [0.1, 0.15) is 11.9 Å². The van der Waals surface area contributed by atoms with Gasteiger partial charge >= 0.3 is 6.09 Å². The van der Waals surface area contributed by atoms with Gasteiger partial charge in [-0.05, 0) is 90.9 Å². The van der Waals surface area contributed by atoms with Gasteiger partial charge in [-0.3, -0.25) is 4.90 Å². The molecular formula is C30H39ClN2O3. The molecule has 194 valence electrons. The van der Waals surface area contributed by atoms with Crippen LogP contribution in [0.4, 0.5) is 4.79 Å². The molecule has 2 bridgehead atoms. The Kier molecular flexibility index (Phi) is 7.50. The number of unbranched alkanes of at least 4 members (excludes halogenated alkanes) is 1. The summed E-state index contributed by atoms with van der Waals surface area (Å²) in [6.07, 6.45) is 6.09. The molecule has 1 amide bonds. The van der Waals surface area contributed by atoms with Crippen LogP contribution in [0, 0.1) is 11.3 Å². The van der Waals surface area contributed by atoms with Gasteiger partial charge in [-0.1, -0.05) is 63.1 Å².